The number of ether oxygens (including phenoxy) is 1. The minimum absolute atomic E-state index is 0.0201. The summed E-state index contributed by atoms with van der Waals surface area (Å²) in [5.74, 6) is -2.03. The van der Waals surface area contributed by atoms with Gasteiger partial charge in [-0.25, -0.2) is 0 Å². The topological polar surface area (TPSA) is 137 Å². The molecule has 8 nitrogen and oxygen atoms in total. The molecule has 1 aromatic heterocycles. The summed E-state index contributed by atoms with van der Waals surface area (Å²) < 4.78 is 51.5. The molecule has 1 heterocycles. The van der Waals surface area contributed by atoms with Gasteiger partial charge in [-0.3, -0.25) is 9.59 Å². The van der Waals surface area contributed by atoms with E-state index in [2.05, 4.69) is 0 Å². The molecule has 0 amide bonds. The Labute approximate surface area is 290 Å². The van der Waals surface area contributed by atoms with Crippen molar-refractivity contribution < 1.29 is 47.2 Å². The first kappa shape index (κ1) is 38.0. The second-order valence-corrected chi connectivity index (χ2v) is 12.7. The van der Waals surface area contributed by atoms with E-state index >= 15 is 0 Å². The molecule has 2 N–H and O–H groups in total. The van der Waals surface area contributed by atoms with Crippen molar-refractivity contribution in [2.45, 2.75) is 68.4 Å². The number of carbonyl (C=O) groups is 2. The fraction of sp³-hybridized carbons (Fsp3) is 0.289. The Morgan fingerprint density at radius 1 is 1.06 bits per heavy atom. The molecule has 264 valence electrons. The monoisotopic (exact) mass is 709 g/mol. The lowest BCUT2D eigenvalue weighted by Gasteiger charge is -2.21. The van der Waals surface area contributed by atoms with Crippen LogP contribution in [0.2, 0.25) is 0 Å². The van der Waals surface area contributed by atoms with Gasteiger partial charge in [-0.2, -0.15) is 13.2 Å². The van der Waals surface area contributed by atoms with E-state index < -0.39 is 40.3 Å². The van der Waals surface area contributed by atoms with Crippen molar-refractivity contribution in [3.05, 3.63) is 123 Å². The Hall–Kier alpha value is -4.81. The average molecular weight is 710 g/mol. The minimum Gasteiger partial charge on any atom is -0.542 e. The standard InChI is InChI=1S/C38H37F3O8S/c1-3-11-29-31(18-17-27(23(2)42)36(29)45)48-19-9-7-5-4-6-8-14-34(35(44)24-12-10-13-25(20-24)38(39,40)41)50-26-15-16-28-30(43)22-33(37(46)47)49-32(28)21-26/h4,6,8,10,12-18,20-22,34-35,44-45H,3,5,7,9,11,19H2,1-2H3,(H,46,47)/p-1. The molecule has 0 radical (unpaired) electrons. The zero-order valence-corrected chi connectivity index (χ0v) is 28.2. The van der Waals surface area contributed by atoms with Gasteiger partial charge in [0, 0.05) is 16.5 Å². The van der Waals surface area contributed by atoms with Crippen molar-refractivity contribution in [1.29, 1.82) is 0 Å². The van der Waals surface area contributed by atoms with E-state index in [9.17, 15) is 42.9 Å². The van der Waals surface area contributed by atoms with E-state index in [1.807, 2.05) is 13.0 Å². The maximum absolute atomic E-state index is 13.4. The van der Waals surface area contributed by atoms with Crippen molar-refractivity contribution in [3.63, 3.8) is 0 Å². The molecule has 0 fully saturated rings. The van der Waals surface area contributed by atoms with Gasteiger partial charge in [0.1, 0.15) is 23.1 Å². The largest absolute Gasteiger partial charge is 0.542 e. The molecule has 50 heavy (non-hydrogen) atoms. The molecule has 0 aliphatic carbocycles. The number of alkyl halides is 3. The normalized spacial score (nSPS) is 13.2. The van der Waals surface area contributed by atoms with Crippen LogP contribution in [-0.4, -0.2) is 33.8 Å². The Morgan fingerprint density at radius 3 is 2.54 bits per heavy atom. The number of thioether (sulfide) groups is 1. The number of carboxylic acids is 1. The Morgan fingerprint density at radius 2 is 1.84 bits per heavy atom. The number of rotatable bonds is 16. The van der Waals surface area contributed by atoms with Gasteiger partial charge in [0.15, 0.2) is 17.0 Å². The van der Waals surface area contributed by atoms with Crippen molar-refractivity contribution in [2.75, 3.05) is 6.61 Å². The third-order valence-electron chi connectivity index (χ3n) is 7.73. The number of aromatic hydroxyl groups is 1. The number of aliphatic hydroxyl groups excluding tert-OH is 1. The highest BCUT2D eigenvalue weighted by atomic mass is 32.2. The van der Waals surface area contributed by atoms with Gasteiger partial charge in [0.25, 0.3) is 0 Å². The molecule has 12 heteroatoms. The van der Waals surface area contributed by atoms with E-state index in [1.165, 1.54) is 31.2 Å². The van der Waals surface area contributed by atoms with E-state index in [0.717, 1.165) is 42.8 Å². The van der Waals surface area contributed by atoms with Crippen molar-refractivity contribution in [3.8, 4) is 11.5 Å². The molecule has 0 saturated heterocycles. The predicted molar refractivity (Wildman–Crippen MR) is 183 cm³/mol. The number of hydrogen-bond donors (Lipinski definition) is 2. The smallest absolute Gasteiger partial charge is 0.416 e. The summed E-state index contributed by atoms with van der Waals surface area (Å²) in [7, 11) is 0. The number of halogens is 3. The third-order valence-corrected chi connectivity index (χ3v) is 8.94. The maximum Gasteiger partial charge on any atom is 0.416 e. The molecule has 0 bridgehead atoms. The van der Waals surface area contributed by atoms with Gasteiger partial charge in [0.05, 0.1) is 34.5 Å². The fourth-order valence-corrected chi connectivity index (χ4v) is 6.28. The summed E-state index contributed by atoms with van der Waals surface area (Å²) in [5.41, 5.74) is -0.583. The van der Waals surface area contributed by atoms with Crippen LogP contribution in [0.3, 0.4) is 0 Å². The number of hydrogen-bond acceptors (Lipinski definition) is 9. The first-order valence-corrected chi connectivity index (χ1v) is 16.8. The van der Waals surface area contributed by atoms with Crippen LogP contribution >= 0.6 is 11.8 Å². The predicted octanol–water partition coefficient (Wildman–Crippen LogP) is 7.59. The number of benzene rings is 3. The molecule has 0 spiro atoms. The highest BCUT2D eigenvalue weighted by Gasteiger charge is 2.31. The summed E-state index contributed by atoms with van der Waals surface area (Å²) in [6.07, 6.45) is 4.50. The van der Waals surface area contributed by atoms with E-state index in [0.29, 0.717) is 42.1 Å². The van der Waals surface area contributed by atoms with Gasteiger partial charge >= 0.3 is 6.18 Å². The van der Waals surface area contributed by atoms with Crippen LogP contribution in [-0.2, 0) is 12.6 Å². The average Bonchev–Trinajstić information content (AvgIpc) is 3.07. The molecule has 0 aliphatic rings. The van der Waals surface area contributed by atoms with Crippen LogP contribution in [0, 0.1) is 0 Å². The summed E-state index contributed by atoms with van der Waals surface area (Å²) in [4.78, 5) is 35.9. The van der Waals surface area contributed by atoms with Crippen LogP contribution in [0.4, 0.5) is 13.2 Å². The molecule has 2 unspecified atom stereocenters. The molecule has 0 saturated carbocycles. The Balaban J connectivity index is 1.44. The molecule has 4 aromatic rings. The van der Waals surface area contributed by atoms with Crippen LogP contribution < -0.4 is 15.3 Å². The number of unbranched alkanes of at least 4 members (excludes halogenated alkanes) is 2. The lowest BCUT2D eigenvalue weighted by atomic mass is 10.0. The number of fused-ring (bicyclic) bond motifs is 1. The lowest BCUT2D eigenvalue weighted by molar-refractivity contribution is -0.257. The zero-order chi connectivity index (χ0) is 36.4. The number of carboxylic acid groups (broad SMARTS) is 1. The van der Waals surface area contributed by atoms with E-state index in [-0.39, 0.29) is 33.6 Å². The van der Waals surface area contributed by atoms with Crippen LogP contribution in [0.1, 0.15) is 83.2 Å². The van der Waals surface area contributed by atoms with E-state index in [1.54, 1.807) is 36.4 Å². The molecule has 3 aromatic carbocycles. The number of phenolic OH excluding ortho intramolecular Hbond substituents is 1. The van der Waals surface area contributed by atoms with Crippen molar-refractivity contribution in [1.82, 2.24) is 0 Å². The van der Waals surface area contributed by atoms with Crippen LogP contribution in [0.5, 0.6) is 11.5 Å². The summed E-state index contributed by atoms with van der Waals surface area (Å²) in [6.45, 7) is 3.77. The van der Waals surface area contributed by atoms with Crippen molar-refractivity contribution in [2.24, 2.45) is 0 Å². The summed E-state index contributed by atoms with van der Waals surface area (Å²) in [5, 5.41) is 32.4. The van der Waals surface area contributed by atoms with Gasteiger partial charge < -0.3 is 29.3 Å². The fourth-order valence-electron chi connectivity index (χ4n) is 5.19. The van der Waals surface area contributed by atoms with Gasteiger partial charge in [-0.15, -0.1) is 11.8 Å². The zero-order valence-electron chi connectivity index (χ0n) is 27.4. The number of Topliss-reactive ketones (excluding diaryl/α,β-unsaturated/α-hetero) is 1. The van der Waals surface area contributed by atoms with E-state index in [4.69, 9.17) is 9.15 Å². The SMILES string of the molecule is CCCc1c(OCCCCC=CC=CC(Sc2ccc3c(=O)cc(C(=O)[O-])oc3c2)C(O)c2cccc(C(F)(F)F)c2)ccc(C(C)=O)c1O. The number of ketones is 1. The third kappa shape index (κ3) is 9.88. The second-order valence-electron chi connectivity index (χ2n) is 11.5. The number of allylic oxidation sites excluding steroid dienone is 3. The quantitative estimate of drug-likeness (QED) is 0.0522. The van der Waals surface area contributed by atoms with Gasteiger partial charge in [-0.05, 0) is 80.6 Å². The highest BCUT2D eigenvalue weighted by molar-refractivity contribution is 8.00. The molecular weight excluding hydrogens is 673 g/mol. The first-order chi connectivity index (χ1) is 23.8. The molecule has 0 aliphatic heterocycles. The Kier molecular flexibility index (Phi) is 13.1. The number of phenols is 1. The lowest BCUT2D eigenvalue weighted by Crippen LogP contribution is -2.23. The molecule has 4 rings (SSSR count). The number of aromatic carboxylic acids is 1. The van der Waals surface area contributed by atoms with Crippen LogP contribution in [0.15, 0.2) is 99.1 Å². The summed E-state index contributed by atoms with van der Waals surface area (Å²) >= 11 is 1.09. The summed E-state index contributed by atoms with van der Waals surface area (Å²) in [6, 6.07) is 12.9. The molecule has 2 atom stereocenters. The highest BCUT2D eigenvalue weighted by Crippen LogP contribution is 2.37. The Bertz CT molecular complexity index is 1950. The van der Waals surface area contributed by atoms with Crippen LogP contribution in [0.25, 0.3) is 11.0 Å². The maximum atomic E-state index is 13.4. The first-order valence-electron chi connectivity index (χ1n) is 15.9. The molecular formula is C38H36F3O8S-. The van der Waals surface area contributed by atoms with Gasteiger partial charge in [0.2, 0.25) is 0 Å². The minimum atomic E-state index is -4.60. The van der Waals surface area contributed by atoms with Crippen molar-refractivity contribution >= 4 is 34.5 Å². The second kappa shape index (κ2) is 17.2. The van der Waals surface area contributed by atoms with Gasteiger partial charge in [-0.1, -0.05) is 49.8 Å². The number of carbonyl (C=O) groups excluding carboxylic acids is 2. The number of aliphatic hydroxyl groups is 1.